The SMILES string of the molecule is COc1ccc(C2=CC(C(C)(C)C)=CC2)c(C(=O)c2ccccc2)c1. The van der Waals surface area contributed by atoms with Gasteiger partial charge in [0.05, 0.1) is 7.11 Å². The minimum Gasteiger partial charge on any atom is -0.497 e. The van der Waals surface area contributed by atoms with Gasteiger partial charge in [-0.15, -0.1) is 0 Å². The van der Waals surface area contributed by atoms with Crippen molar-refractivity contribution in [3.63, 3.8) is 0 Å². The minimum absolute atomic E-state index is 0.0274. The van der Waals surface area contributed by atoms with Crippen LogP contribution < -0.4 is 4.74 Å². The van der Waals surface area contributed by atoms with Crippen molar-refractivity contribution < 1.29 is 9.53 Å². The average molecular weight is 332 g/mol. The Labute approximate surface area is 149 Å². The third-order valence-corrected chi connectivity index (χ3v) is 4.59. The number of ether oxygens (including phenoxy) is 1. The number of methoxy groups -OCH3 is 1. The van der Waals surface area contributed by atoms with Gasteiger partial charge in [-0.25, -0.2) is 0 Å². The molecule has 3 rings (SSSR count). The van der Waals surface area contributed by atoms with E-state index in [1.54, 1.807) is 7.11 Å². The molecule has 0 saturated carbocycles. The van der Waals surface area contributed by atoms with E-state index in [2.05, 4.69) is 32.9 Å². The van der Waals surface area contributed by atoms with Gasteiger partial charge >= 0.3 is 0 Å². The van der Waals surface area contributed by atoms with Crippen molar-refractivity contribution in [2.75, 3.05) is 7.11 Å². The van der Waals surface area contributed by atoms with E-state index in [0.717, 1.165) is 12.0 Å². The molecule has 128 valence electrons. The maximum absolute atomic E-state index is 13.1. The highest BCUT2D eigenvalue weighted by molar-refractivity contribution is 6.12. The van der Waals surface area contributed by atoms with Crippen molar-refractivity contribution in [2.45, 2.75) is 27.2 Å². The lowest BCUT2D eigenvalue weighted by atomic mass is 9.87. The Morgan fingerprint density at radius 3 is 2.36 bits per heavy atom. The van der Waals surface area contributed by atoms with Crippen LogP contribution in [-0.2, 0) is 0 Å². The Balaban J connectivity index is 2.06. The van der Waals surface area contributed by atoms with Crippen LogP contribution in [0.4, 0.5) is 0 Å². The molecule has 0 saturated heterocycles. The maximum Gasteiger partial charge on any atom is 0.193 e. The maximum atomic E-state index is 13.1. The predicted octanol–water partition coefficient (Wildman–Crippen LogP) is 5.69. The summed E-state index contributed by atoms with van der Waals surface area (Å²) in [4.78, 5) is 13.1. The van der Waals surface area contributed by atoms with Gasteiger partial charge in [0, 0.05) is 11.1 Å². The number of carbonyl (C=O) groups excluding carboxylic acids is 1. The largest absolute Gasteiger partial charge is 0.497 e. The van der Waals surface area contributed by atoms with Crippen molar-refractivity contribution in [3.05, 3.63) is 82.9 Å². The first-order valence-electron chi connectivity index (χ1n) is 8.59. The van der Waals surface area contributed by atoms with Gasteiger partial charge in [-0.05, 0) is 40.7 Å². The molecular formula is C23H24O2. The Hall–Kier alpha value is -2.61. The molecule has 0 N–H and O–H groups in total. The summed E-state index contributed by atoms with van der Waals surface area (Å²) in [7, 11) is 1.62. The highest BCUT2D eigenvalue weighted by atomic mass is 16.5. The van der Waals surface area contributed by atoms with Gasteiger partial charge in [0.15, 0.2) is 5.78 Å². The van der Waals surface area contributed by atoms with E-state index in [4.69, 9.17) is 4.74 Å². The Morgan fingerprint density at radius 2 is 1.76 bits per heavy atom. The van der Waals surface area contributed by atoms with E-state index in [1.807, 2.05) is 48.5 Å². The molecule has 0 fully saturated rings. The van der Waals surface area contributed by atoms with Crippen LogP contribution in [0.15, 0.2) is 66.3 Å². The summed E-state index contributed by atoms with van der Waals surface area (Å²) in [6.07, 6.45) is 5.34. The van der Waals surface area contributed by atoms with Crippen LogP contribution in [0, 0.1) is 5.41 Å². The van der Waals surface area contributed by atoms with Crippen LogP contribution in [0.25, 0.3) is 5.57 Å². The van der Waals surface area contributed by atoms with Crippen LogP contribution in [0.2, 0.25) is 0 Å². The fraction of sp³-hybridized carbons (Fsp3) is 0.261. The fourth-order valence-corrected chi connectivity index (χ4v) is 3.10. The zero-order valence-corrected chi connectivity index (χ0v) is 15.3. The molecule has 0 aliphatic heterocycles. The van der Waals surface area contributed by atoms with Gasteiger partial charge in [0.2, 0.25) is 0 Å². The summed E-state index contributed by atoms with van der Waals surface area (Å²) in [5.41, 5.74) is 4.99. The zero-order chi connectivity index (χ0) is 18.0. The molecule has 1 aliphatic rings. The molecule has 2 aromatic rings. The van der Waals surface area contributed by atoms with E-state index in [-0.39, 0.29) is 11.2 Å². The molecule has 2 heteroatoms. The van der Waals surface area contributed by atoms with Gasteiger partial charge < -0.3 is 4.74 Å². The first-order valence-corrected chi connectivity index (χ1v) is 8.59. The van der Waals surface area contributed by atoms with Gasteiger partial charge in [-0.1, -0.05) is 69.3 Å². The molecule has 0 aromatic heterocycles. The molecule has 0 unspecified atom stereocenters. The van der Waals surface area contributed by atoms with Gasteiger partial charge in [-0.3, -0.25) is 4.79 Å². The first-order chi connectivity index (χ1) is 11.9. The van der Waals surface area contributed by atoms with Crippen LogP contribution in [0.5, 0.6) is 5.75 Å². The van der Waals surface area contributed by atoms with E-state index in [1.165, 1.54) is 11.1 Å². The lowest BCUT2D eigenvalue weighted by molar-refractivity contribution is 0.103. The highest BCUT2D eigenvalue weighted by Gasteiger charge is 2.23. The molecule has 0 spiro atoms. The topological polar surface area (TPSA) is 26.3 Å². The molecule has 0 atom stereocenters. The molecule has 25 heavy (non-hydrogen) atoms. The van der Waals surface area contributed by atoms with E-state index in [9.17, 15) is 4.79 Å². The standard InChI is InChI=1S/C23H24O2/c1-23(2,3)18-11-10-17(14-18)20-13-12-19(25-4)15-21(20)22(24)16-8-6-5-7-9-16/h5-9,11-15H,10H2,1-4H3. The lowest BCUT2D eigenvalue weighted by Gasteiger charge is -2.18. The van der Waals surface area contributed by atoms with Crippen molar-refractivity contribution >= 4 is 11.4 Å². The normalized spacial score (nSPS) is 14.1. The summed E-state index contributed by atoms with van der Waals surface area (Å²) < 4.78 is 5.35. The highest BCUT2D eigenvalue weighted by Crippen LogP contribution is 2.38. The van der Waals surface area contributed by atoms with Crippen LogP contribution in [0.1, 0.15) is 48.7 Å². The number of hydrogen-bond donors (Lipinski definition) is 0. The lowest BCUT2D eigenvalue weighted by Crippen LogP contribution is -2.07. The summed E-state index contributed by atoms with van der Waals surface area (Å²) in [5.74, 6) is 0.727. The summed E-state index contributed by atoms with van der Waals surface area (Å²) >= 11 is 0. The Morgan fingerprint density at radius 1 is 1.04 bits per heavy atom. The number of hydrogen-bond acceptors (Lipinski definition) is 2. The number of allylic oxidation sites excluding steroid dienone is 4. The van der Waals surface area contributed by atoms with E-state index >= 15 is 0 Å². The van der Waals surface area contributed by atoms with Crippen LogP contribution in [-0.4, -0.2) is 12.9 Å². The van der Waals surface area contributed by atoms with Crippen molar-refractivity contribution in [1.82, 2.24) is 0 Å². The van der Waals surface area contributed by atoms with E-state index < -0.39 is 0 Å². The summed E-state index contributed by atoms with van der Waals surface area (Å²) in [5, 5.41) is 0. The number of benzene rings is 2. The van der Waals surface area contributed by atoms with Crippen molar-refractivity contribution in [2.24, 2.45) is 5.41 Å². The molecule has 1 aliphatic carbocycles. The molecular weight excluding hydrogens is 308 g/mol. The second kappa shape index (κ2) is 6.72. The molecule has 0 bridgehead atoms. The van der Waals surface area contributed by atoms with Crippen LogP contribution in [0.3, 0.4) is 0 Å². The molecule has 2 aromatic carbocycles. The monoisotopic (exact) mass is 332 g/mol. The predicted molar refractivity (Wildman–Crippen MR) is 103 cm³/mol. The smallest absolute Gasteiger partial charge is 0.193 e. The zero-order valence-electron chi connectivity index (χ0n) is 15.3. The number of rotatable bonds is 4. The minimum atomic E-state index is 0.0274. The molecule has 0 radical (unpaired) electrons. The number of ketones is 1. The van der Waals surface area contributed by atoms with E-state index in [0.29, 0.717) is 16.9 Å². The fourth-order valence-electron chi connectivity index (χ4n) is 3.10. The Bertz CT molecular complexity index is 849. The van der Waals surface area contributed by atoms with Gasteiger partial charge in [0.25, 0.3) is 0 Å². The first kappa shape index (κ1) is 17.2. The van der Waals surface area contributed by atoms with Gasteiger partial charge in [0.1, 0.15) is 5.75 Å². The molecule has 2 nitrogen and oxygen atoms in total. The summed E-state index contributed by atoms with van der Waals surface area (Å²) in [6.45, 7) is 6.63. The quantitative estimate of drug-likeness (QED) is 0.673. The van der Waals surface area contributed by atoms with Crippen molar-refractivity contribution in [1.29, 1.82) is 0 Å². The molecule has 0 amide bonds. The summed E-state index contributed by atoms with van der Waals surface area (Å²) in [6, 6.07) is 15.2. The second-order valence-corrected chi connectivity index (χ2v) is 7.39. The number of carbonyl (C=O) groups is 1. The average Bonchev–Trinajstić information content (AvgIpc) is 3.11. The second-order valence-electron chi connectivity index (χ2n) is 7.39. The van der Waals surface area contributed by atoms with Crippen molar-refractivity contribution in [3.8, 4) is 5.75 Å². The third-order valence-electron chi connectivity index (χ3n) is 4.59. The Kier molecular flexibility index (Phi) is 4.63. The molecule has 0 heterocycles. The van der Waals surface area contributed by atoms with Crippen LogP contribution >= 0.6 is 0 Å². The third kappa shape index (κ3) is 3.58. The van der Waals surface area contributed by atoms with Gasteiger partial charge in [-0.2, -0.15) is 0 Å².